The van der Waals surface area contributed by atoms with Crippen molar-refractivity contribution in [2.45, 2.75) is 12.4 Å². The average Bonchev–Trinajstić information content (AvgIpc) is 1.99. The van der Waals surface area contributed by atoms with Gasteiger partial charge in [-0.05, 0) is 6.92 Å². The Morgan fingerprint density at radius 1 is 1.25 bits per heavy atom. The average molecular weight is 272 g/mol. The second-order valence-corrected chi connectivity index (χ2v) is 3.88. The van der Waals surface area contributed by atoms with E-state index in [1.165, 1.54) is 0 Å². The summed E-state index contributed by atoms with van der Waals surface area (Å²) >= 11 is 0. The molecular weight excluding hydrogens is 262 g/mol. The molecule has 2 N–H and O–H groups in total. The van der Waals surface area contributed by atoms with Crippen LogP contribution in [0.2, 0.25) is 0 Å². The van der Waals surface area contributed by atoms with Gasteiger partial charge in [0.15, 0.2) is 0 Å². The van der Waals surface area contributed by atoms with Crippen LogP contribution in [0.25, 0.3) is 0 Å². The van der Waals surface area contributed by atoms with Gasteiger partial charge in [-0.2, -0.15) is 8.42 Å². The van der Waals surface area contributed by atoms with E-state index < -0.39 is 27.5 Å². The summed E-state index contributed by atoms with van der Waals surface area (Å²) in [6.45, 7) is 0.932. The number of carboxylic acids is 1. The van der Waals surface area contributed by atoms with Crippen molar-refractivity contribution in [3.8, 4) is 0 Å². The number of aliphatic carboxylic acids is 1. The fraction of sp³-hybridized carbons (Fsp3) is 0.333. The maximum absolute atomic E-state index is 10.7. The quantitative estimate of drug-likeness (QED) is 0.266. The van der Waals surface area contributed by atoms with Crippen LogP contribution in [0.3, 0.4) is 0 Å². The van der Waals surface area contributed by atoms with E-state index in [1.807, 2.05) is 0 Å². The van der Waals surface area contributed by atoms with Crippen molar-refractivity contribution in [2.24, 2.45) is 0 Å². The number of ether oxygens (including phenoxy) is 1. The number of carboxylic acid groups (broad SMARTS) is 1. The molecule has 0 aliphatic heterocycles. The number of hydrogen-bond acceptors (Lipinski definition) is 5. The molecule has 0 aliphatic rings. The summed E-state index contributed by atoms with van der Waals surface area (Å²) in [5.74, 6) is -2.54. The van der Waals surface area contributed by atoms with Crippen LogP contribution in [0.5, 0.6) is 0 Å². The molecule has 0 rings (SSSR count). The van der Waals surface area contributed by atoms with Gasteiger partial charge in [-0.25, -0.2) is 9.59 Å². The van der Waals surface area contributed by atoms with Gasteiger partial charge in [0.05, 0.1) is 0 Å². The fourth-order valence-electron chi connectivity index (χ4n) is 0.403. The summed E-state index contributed by atoms with van der Waals surface area (Å²) in [5, 5.41) is 8.09. The molecule has 0 heterocycles. The molecule has 0 bridgehead atoms. The van der Waals surface area contributed by atoms with Crippen molar-refractivity contribution in [2.75, 3.05) is 0 Å². The molecule has 0 saturated carbocycles. The van der Waals surface area contributed by atoms with Crippen molar-refractivity contribution >= 4 is 81.2 Å². The van der Waals surface area contributed by atoms with Gasteiger partial charge >= 0.3 is 81.2 Å². The Morgan fingerprint density at radius 3 is 2.00 bits per heavy atom. The van der Waals surface area contributed by atoms with Crippen LogP contribution in [0.4, 0.5) is 0 Å². The van der Waals surface area contributed by atoms with E-state index in [-0.39, 0.29) is 59.1 Å². The van der Waals surface area contributed by atoms with Crippen molar-refractivity contribution < 1.29 is 32.4 Å². The zero-order chi connectivity index (χ0) is 11.4. The van der Waals surface area contributed by atoms with E-state index in [0.717, 1.165) is 6.92 Å². The molecule has 10 heteroatoms. The summed E-state index contributed by atoms with van der Waals surface area (Å²) < 4.78 is 33.2. The van der Waals surface area contributed by atoms with Crippen LogP contribution in [0.15, 0.2) is 12.2 Å². The maximum atomic E-state index is 10.7. The van der Waals surface area contributed by atoms with Crippen LogP contribution < -0.4 is 0 Å². The number of carbonyl (C=O) groups excluding carboxylic acids is 1. The Kier molecular flexibility index (Phi) is 13.1. The second-order valence-electron chi connectivity index (χ2n) is 2.19. The van der Waals surface area contributed by atoms with Gasteiger partial charge in [0.2, 0.25) is 5.44 Å². The second kappa shape index (κ2) is 9.60. The van der Waals surface area contributed by atoms with Gasteiger partial charge in [-0.3, -0.25) is 4.55 Å². The predicted octanol–water partition coefficient (Wildman–Crippen LogP) is -1.89. The number of rotatable bonds is 4. The molecule has 0 saturated heterocycles. The van der Waals surface area contributed by atoms with E-state index >= 15 is 0 Å². The van der Waals surface area contributed by atoms with Crippen molar-refractivity contribution in [1.29, 1.82) is 0 Å². The van der Waals surface area contributed by atoms with Crippen LogP contribution in [0, 0.1) is 0 Å². The van der Waals surface area contributed by atoms with Crippen LogP contribution >= 0.6 is 0 Å². The number of hydrogen-bond donors (Lipinski definition) is 2. The fourth-order valence-corrected chi connectivity index (χ4v) is 0.619. The summed E-state index contributed by atoms with van der Waals surface area (Å²) in [6.07, 6.45) is 1.02. The van der Waals surface area contributed by atoms with Gasteiger partial charge in [0.25, 0.3) is 0 Å². The van der Waals surface area contributed by atoms with Gasteiger partial charge < -0.3 is 9.84 Å². The van der Waals surface area contributed by atoms with Gasteiger partial charge in [-0.1, -0.05) is 0 Å². The van der Waals surface area contributed by atoms with Crippen LogP contribution in [-0.4, -0.2) is 94.6 Å². The minimum absolute atomic E-state index is 0. The van der Waals surface area contributed by atoms with E-state index in [2.05, 4.69) is 4.74 Å². The SMILES string of the molecule is CC(OC(=O)/C=C\C(=O)O)S(=O)(=O)O.[NaH].[NaH]. The molecule has 0 aromatic heterocycles. The molecule has 0 aliphatic carbocycles. The van der Waals surface area contributed by atoms with E-state index in [9.17, 15) is 18.0 Å². The summed E-state index contributed by atoms with van der Waals surface area (Å²) in [4.78, 5) is 20.6. The van der Waals surface area contributed by atoms with Crippen LogP contribution in [0.1, 0.15) is 6.92 Å². The molecule has 16 heavy (non-hydrogen) atoms. The normalized spacial score (nSPS) is 12.1. The zero-order valence-electron chi connectivity index (χ0n) is 7.08. The van der Waals surface area contributed by atoms with E-state index in [0.29, 0.717) is 12.2 Å². The number of carbonyl (C=O) groups is 2. The summed E-state index contributed by atoms with van der Waals surface area (Å²) in [5.41, 5.74) is -1.73. The van der Waals surface area contributed by atoms with E-state index in [4.69, 9.17) is 9.66 Å². The Labute approximate surface area is 137 Å². The Hall–Kier alpha value is 0.590. The number of esters is 1. The topological polar surface area (TPSA) is 118 Å². The molecule has 0 amide bonds. The Bertz CT molecular complexity index is 361. The molecule has 7 nitrogen and oxygen atoms in total. The first-order chi connectivity index (χ1) is 6.23. The third kappa shape index (κ3) is 11.1. The van der Waals surface area contributed by atoms with Crippen molar-refractivity contribution in [1.82, 2.24) is 0 Å². The third-order valence-electron chi connectivity index (χ3n) is 1.06. The standard InChI is InChI=1S/C6H8O7S.2Na.2H/c1-4(14(10,11)12)13-6(9)3-2-5(7)8;;;;/h2-4H,1H3,(H,7,8)(H,10,11,12);;;;/b3-2-;;;;. The molecule has 0 aromatic carbocycles. The molecule has 0 fully saturated rings. The molecular formula is C6H10Na2O7S. The zero-order valence-corrected chi connectivity index (χ0v) is 7.89. The predicted molar refractivity (Wildman–Crippen MR) is 58.2 cm³/mol. The van der Waals surface area contributed by atoms with Gasteiger partial charge in [0, 0.05) is 12.2 Å². The van der Waals surface area contributed by atoms with E-state index in [1.54, 1.807) is 0 Å². The third-order valence-corrected chi connectivity index (χ3v) is 2.00. The van der Waals surface area contributed by atoms with Crippen molar-refractivity contribution in [3.05, 3.63) is 12.2 Å². The molecule has 0 aromatic rings. The monoisotopic (exact) mass is 272 g/mol. The molecule has 0 radical (unpaired) electrons. The molecule has 1 atom stereocenters. The summed E-state index contributed by atoms with van der Waals surface area (Å²) in [7, 11) is -4.46. The summed E-state index contributed by atoms with van der Waals surface area (Å²) in [6, 6.07) is 0. The van der Waals surface area contributed by atoms with Crippen LogP contribution in [-0.2, 0) is 24.4 Å². The Balaban J connectivity index is -0.000000845. The van der Waals surface area contributed by atoms with Gasteiger partial charge in [-0.15, -0.1) is 0 Å². The first-order valence-electron chi connectivity index (χ1n) is 3.31. The minimum atomic E-state index is -4.46. The Morgan fingerprint density at radius 2 is 1.69 bits per heavy atom. The molecule has 84 valence electrons. The first kappa shape index (κ1) is 21.8. The van der Waals surface area contributed by atoms with Crippen molar-refractivity contribution in [3.63, 3.8) is 0 Å². The van der Waals surface area contributed by atoms with Gasteiger partial charge in [0.1, 0.15) is 0 Å². The first-order valence-corrected chi connectivity index (χ1v) is 4.81. The molecule has 0 spiro atoms. The molecule has 1 unspecified atom stereocenters.